The van der Waals surface area contributed by atoms with Gasteiger partial charge < -0.3 is 35.6 Å². The number of carbonyl (C=O) groups excluding carboxylic acids is 1. The molecule has 0 spiro atoms. The first-order valence-corrected chi connectivity index (χ1v) is 13.2. The summed E-state index contributed by atoms with van der Waals surface area (Å²) in [5, 5.41) is 17.2. The van der Waals surface area contributed by atoms with Gasteiger partial charge in [0.05, 0.1) is 11.6 Å². The van der Waals surface area contributed by atoms with E-state index in [4.69, 9.17) is 35.0 Å². The number of carboxylic acid groups (broad SMARTS) is 2. The van der Waals surface area contributed by atoms with E-state index in [0.717, 1.165) is 17.7 Å². The number of carbonyl (C=O) groups is 3. The summed E-state index contributed by atoms with van der Waals surface area (Å²) in [6.07, 6.45) is -8.11. The Hall–Kier alpha value is -5.13. The third-order valence-electron chi connectivity index (χ3n) is 5.95. The number of halogens is 7. The normalized spacial score (nSPS) is 13.9. The highest BCUT2D eigenvalue weighted by molar-refractivity contribution is 5.95. The maximum absolute atomic E-state index is 13.9. The fourth-order valence-corrected chi connectivity index (χ4v) is 3.68. The summed E-state index contributed by atoms with van der Waals surface area (Å²) in [5.74, 6) is -5.35. The zero-order valence-electron chi connectivity index (χ0n) is 24.7. The van der Waals surface area contributed by atoms with Gasteiger partial charge >= 0.3 is 24.3 Å². The second-order valence-electron chi connectivity index (χ2n) is 9.87. The van der Waals surface area contributed by atoms with E-state index in [2.05, 4.69) is 10.3 Å². The number of likely N-dealkylation sites (N-methyl/N-ethyl adjacent to an activating group) is 1. The van der Waals surface area contributed by atoms with Gasteiger partial charge in [0.1, 0.15) is 24.8 Å². The molecule has 18 heteroatoms. The number of anilines is 2. The number of nitrogens with zero attached hydrogens (tertiary/aromatic N) is 2. The van der Waals surface area contributed by atoms with E-state index < -0.39 is 36.0 Å². The summed E-state index contributed by atoms with van der Waals surface area (Å²) in [7, 11) is 3.93. The number of fused-ring (bicyclic) bond motifs is 1. The Kier molecular flexibility index (Phi) is 13.3. The number of benzene rings is 2. The fourth-order valence-electron chi connectivity index (χ4n) is 3.68. The second-order valence-corrected chi connectivity index (χ2v) is 9.87. The summed E-state index contributed by atoms with van der Waals surface area (Å²) in [4.78, 5) is 36.9. The Morgan fingerprint density at radius 3 is 2.15 bits per heavy atom. The van der Waals surface area contributed by atoms with Crippen LogP contribution in [-0.4, -0.2) is 84.1 Å². The molecule has 5 N–H and O–H groups in total. The molecule has 3 aromatic rings. The lowest BCUT2D eigenvalue weighted by Gasteiger charge is -2.25. The number of hydrogen-bond donors (Lipinski definition) is 4. The zero-order chi connectivity index (χ0) is 35.5. The Balaban J connectivity index is 0.000000459. The molecule has 11 nitrogen and oxygen atoms in total. The number of hydrogen-bond acceptors (Lipinski definition) is 8. The summed E-state index contributed by atoms with van der Waals surface area (Å²) in [6.45, 7) is 1.29. The predicted octanol–water partition coefficient (Wildman–Crippen LogP) is 4.87. The molecule has 256 valence electrons. The van der Waals surface area contributed by atoms with Crippen molar-refractivity contribution in [3.05, 3.63) is 66.1 Å². The number of pyridine rings is 1. The van der Waals surface area contributed by atoms with Crippen molar-refractivity contribution in [2.24, 2.45) is 5.92 Å². The SMILES string of the molecule is CN(C)CCOc1cc(-c2ccnc(N)c2)ccc1NC(=O)C1COc2c(F)cccc2C1.O=C(O)C(F)(F)F.O=C(O)C(F)(F)F. The van der Waals surface area contributed by atoms with Gasteiger partial charge in [0.2, 0.25) is 5.91 Å². The molecule has 1 atom stereocenters. The standard InChI is InChI=1S/C25H27FN4O3.2C2HF3O2/c1-30(2)10-11-32-22-13-16(17-8-9-28-23(27)14-17)6-7-21(22)29-25(31)19-12-18-4-3-5-20(26)24(18)33-15-19;2*3-2(4,5)1(6)7/h3-9,13-14,19H,10-12,15H2,1-2H3,(H2,27,28)(H,29,31);2*(H,6,7). The lowest BCUT2D eigenvalue weighted by molar-refractivity contribution is -0.193. The average molecular weight is 679 g/mol. The Morgan fingerprint density at radius 2 is 1.60 bits per heavy atom. The molecule has 4 rings (SSSR count). The van der Waals surface area contributed by atoms with Crippen LogP contribution in [0.1, 0.15) is 5.56 Å². The summed E-state index contributed by atoms with van der Waals surface area (Å²) in [5.41, 5.74) is 8.88. The van der Waals surface area contributed by atoms with E-state index in [9.17, 15) is 35.5 Å². The first-order valence-electron chi connectivity index (χ1n) is 13.2. The summed E-state index contributed by atoms with van der Waals surface area (Å²) < 4.78 is 89.0. The molecule has 0 bridgehead atoms. The smallest absolute Gasteiger partial charge is 0.490 e. The molecule has 2 aromatic carbocycles. The summed E-state index contributed by atoms with van der Waals surface area (Å²) in [6, 6.07) is 14.0. The number of alkyl halides is 6. The van der Waals surface area contributed by atoms with Crippen molar-refractivity contribution < 1.29 is 64.8 Å². The van der Waals surface area contributed by atoms with Gasteiger partial charge in [-0.3, -0.25) is 4.79 Å². The molecular weight excluding hydrogens is 649 g/mol. The maximum atomic E-state index is 13.9. The largest absolute Gasteiger partial charge is 0.490 e. The van der Waals surface area contributed by atoms with Crippen molar-refractivity contribution in [3.63, 3.8) is 0 Å². The third kappa shape index (κ3) is 12.3. The van der Waals surface area contributed by atoms with Crippen LogP contribution in [0.4, 0.5) is 42.2 Å². The maximum Gasteiger partial charge on any atom is 0.490 e. The van der Waals surface area contributed by atoms with Crippen LogP contribution in [0.5, 0.6) is 11.5 Å². The first kappa shape index (κ1) is 38.1. The molecule has 1 aliphatic heterocycles. The number of nitrogens with one attached hydrogen (secondary N) is 1. The highest BCUT2D eigenvalue weighted by Crippen LogP contribution is 2.34. The average Bonchev–Trinajstić information content (AvgIpc) is 2.97. The minimum absolute atomic E-state index is 0.116. The number of aromatic nitrogens is 1. The lowest BCUT2D eigenvalue weighted by Crippen LogP contribution is -2.33. The highest BCUT2D eigenvalue weighted by atomic mass is 19.4. The van der Waals surface area contributed by atoms with Gasteiger partial charge in [-0.25, -0.2) is 19.0 Å². The van der Waals surface area contributed by atoms with E-state index >= 15 is 0 Å². The van der Waals surface area contributed by atoms with Crippen molar-refractivity contribution in [1.82, 2.24) is 9.88 Å². The van der Waals surface area contributed by atoms with Gasteiger partial charge in [-0.2, -0.15) is 26.3 Å². The number of para-hydroxylation sites is 1. The topological polar surface area (TPSA) is 164 Å². The molecule has 0 saturated heterocycles. The van der Waals surface area contributed by atoms with Gasteiger partial charge in [-0.15, -0.1) is 0 Å². The van der Waals surface area contributed by atoms with Crippen molar-refractivity contribution in [1.29, 1.82) is 0 Å². The second kappa shape index (κ2) is 16.4. The quantitative estimate of drug-likeness (QED) is 0.254. The number of nitrogen functional groups attached to an aromatic ring is 1. The molecule has 1 aliphatic rings. The van der Waals surface area contributed by atoms with Gasteiger partial charge in [-0.05, 0) is 67.5 Å². The first-order chi connectivity index (χ1) is 21.8. The molecule has 47 heavy (non-hydrogen) atoms. The Morgan fingerprint density at radius 1 is 1.00 bits per heavy atom. The highest BCUT2D eigenvalue weighted by Gasteiger charge is 2.39. The monoisotopic (exact) mass is 678 g/mol. The van der Waals surface area contributed by atoms with E-state index in [1.807, 2.05) is 43.3 Å². The third-order valence-corrected chi connectivity index (χ3v) is 5.95. The molecule has 2 heterocycles. The van der Waals surface area contributed by atoms with Crippen LogP contribution in [-0.2, 0) is 20.8 Å². The van der Waals surface area contributed by atoms with Crippen molar-refractivity contribution in [3.8, 4) is 22.6 Å². The molecular formula is C29H29F7N4O7. The van der Waals surface area contributed by atoms with E-state index in [1.54, 1.807) is 24.4 Å². The molecule has 1 aromatic heterocycles. The fraction of sp³-hybridized carbons (Fsp3) is 0.310. The van der Waals surface area contributed by atoms with Gasteiger partial charge in [0.25, 0.3) is 0 Å². The van der Waals surface area contributed by atoms with Gasteiger partial charge in [-0.1, -0.05) is 18.2 Å². The number of nitrogens with two attached hydrogens (primary N) is 1. The molecule has 0 fully saturated rings. The van der Waals surface area contributed by atoms with Crippen LogP contribution in [0.25, 0.3) is 11.1 Å². The van der Waals surface area contributed by atoms with Crippen LogP contribution >= 0.6 is 0 Å². The number of amides is 1. The number of aliphatic carboxylic acids is 2. The van der Waals surface area contributed by atoms with Gasteiger partial charge in [0.15, 0.2) is 11.6 Å². The Bertz CT molecular complexity index is 1530. The number of rotatable bonds is 7. The zero-order valence-corrected chi connectivity index (χ0v) is 24.7. The van der Waals surface area contributed by atoms with E-state index in [-0.39, 0.29) is 18.3 Å². The minimum Gasteiger partial charge on any atom is -0.490 e. The van der Waals surface area contributed by atoms with Gasteiger partial charge in [0, 0.05) is 12.7 Å². The minimum atomic E-state index is -5.08. The van der Waals surface area contributed by atoms with Crippen LogP contribution < -0.4 is 20.5 Å². The lowest BCUT2D eigenvalue weighted by atomic mass is 9.95. The summed E-state index contributed by atoms with van der Waals surface area (Å²) >= 11 is 0. The van der Waals surface area contributed by atoms with Crippen molar-refractivity contribution in [2.75, 3.05) is 44.9 Å². The molecule has 1 unspecified atom stereocenters. The predicted molar refractivity (Wildman–Crippen MR) is 153 cm³/mol. The van der Waals surface area contributed by atoms with Crippen LogP contribution in [0.3, 0.4) is 0 Å². The van der Waals surface area contributed by atoms with Crippen LogP contribution in [0, 0.1) is 11.7 Å². The Labute approximate surface area is 262 Å². The molecule has 0 aliphatic carbocycles. The number of ether oxygens (including phenoxy) is 2. The molecule has 0 saturated carbocycles. The molecule has 1 amide bonds. The van der Waals surface area contributed by atoms with E-state index in [0.29, 0.717) is 35.8 Å². The molecule has 0 radical (unpaired) electrons. The van der Waals surface area contributed by atoms with Crippen molar-refractivity contribution in [2.45, 2.75) is 18.8 Å². The number of carboxylic acids is 2. The van der Waals surface area contributed by atoms with E-state index in [1.165, 1.54) is 6.07 Å². The van der Waals surface area contributed by atoms with Crippen LogP contribution in [0.2, 0.25) is 0 Å². The van der Waals surface area contributed by atoms with Crippen molar-refractivity contribution >= 4 is 29.4 Å². The van der Waals surface area contributed by atoms with Crippen LogP contribution in [0.15, 0.2) is 54.7 Å².